The van der Waals surface area contributed by atoms with Gasteiger partial charge in [-0.2, -0.15) is 13.2 Å². The van der Waals surface area contributed by atoms with Gasteiger partial charge in [0.2, 0.25) is 0 Å². The smallest absolute Gasteiger partial charge is 0.323 e. The first-order chi connectivity index (χ1) is 9.35. The first kappa shape index (κ1) is 13.0. The van der Waals surface area contributed by atoms with Gasteiger partial charge in [-0.15, -0.1) is 0 Å². The number of amides is 3. The van der Waals surface area contributed by atoms with E-state index in [2.05, 4.69) is 5.32 Å². The van der Waals surface area contributed by atoms with Crippen molar-refractivity contribution in [2.24, 2.45) is 0 Å². The molecule has 0 radical (unpaired) electrons. The van der Waals surface area contributed by atoms with Crippen molar-refractivity contribution < 1.29 is 22.8 Å². The van der Waals surface area contributed by atoms with Gasteiger partial charge in [0, 0.05) is 0 Å². The number of hydrogen-bond donors (Lipinski definition) is 1. The maximum absolute atomic E-state index is 13.0. The number of rotatable bonds is 1. The van der Waals surface area contributed by atoms with E-state index < -0.39 is 34.9 Å². The number of carbonyl (C=O) groups excluding carboxylic acids is 2. The van der Waals surface area contributed by atoms with Crippen LogP contribution in [0.1, 0.15) is 24.8 Å². The van der Waals surface area contributed by atoms with Gasteiger partial charge in [0.25, 0.3) is 5.91 Å². The predicted molar refractivity (Wildman–Crippen MR) is 64.0 cm³/mol. The summed E-state index contributed by atoms with van der Waals surface area (Å²) in [5.41, 5.74) is -2.39. The second kappa shape index (κ2) is 3.97. The fourth-order valence-corrected chi connectivity index (χ4v) is 2.62. The van der Waals surface area contributed by atoms with Crippen LogP contribution >= 0.6 is 0 Å². The molecule has 1 aliphatic carbocycles. The van der Waals surface area contributed by atoms with Crippen molar-refractivity contribution in [2.45, 2.75) is 31.0 Å². The Labute approximate surface area is 112 Å². The summed E-state index contributed by atoms with van der Waals surface area (Å²) >= 11 is 0. The standard InChI is InChI=1S/C13H11F3N2O2/c14-13(15,16)8-4-1-2-5-9(8)18-10(19)12(6-3-7-12)17-11(18)20/h1-2,4-5H,3,6-7H2,(H,17,20). The molecule has 0 unspecified atom stereocenters. The van der Waals surface area contributed by atoms with Gasteiger partial charge in [-0.3, -0.25) is 4.79 Å². The highest BCUT2D eigenvalue weighted by Crippen LogP contribution is 2.42. The van der Waals surface area contributed by atoms with Gasteiger partial charge in [-0.05, 0) is 31.4 Å². The van der Waals surface area contributed by atoms with Crippen molar-refractivity contribution in [3.63, 3.8) is 0 Å². The first-order valence-electron chi connectivity index (χ1n) is 6.18. The maximum Gasteiger partial charge on any atom is 0.418 e. The lowest BCUT2D eigenvalue weighted by molar-refractivity contribution is -0.137. The molecule has 1 spiro atoms. The van der Waals surface area contributed by atoms with E-state index in [-0.39, 0.29) is 0 Å². The molecule has 20 heavy (non-hydrogen) atoms. The largest absolute Gasteiger partial charge is 0.418 e. The Morgan fingerprint density at radius 2 is 1.80 bits per heavy atom. The lowest BCUT2D eigenvalue weighted by atomic mass is 9.77. The Hall–Kier alpha value is -2.05. The van der Waals surface area contributed by atoms with Crippen molar-refractivity contribution in [3.8, 4) is 0 Å². The molecule has 1 saturated carbocycles. The molecule has 4 nitrogen and oxygen atoms in total. The van der Waals surface area contributed by atoms with Crippen molar-refractivity contribution in [2.75, 3.05) is 4.90 Å². The normalized spacial score (nSPS) is 21.1. The molecule has 1 heterocycles. The number of hydrogen-bond acceptors (Lipinski definition) is 2. The van der Waals surface area contributed by atoms with E-state index in [4.69, 9.17) is 0 Å². The van der Waals surface area contributed by atoms with Crippen LogP contribution in [-0.2, 0) is 11.0 Å². The molecule has 7 heteroatoms. The SMILES string of the molecule is O=C1NC2(CCC2)C(=O)N1c1ccccc1C(F)(F)F. The zero-order valence-corrected chi connectivity index (χ0v) is 10.3. The van der Waals surface area contributed by atoms with Gasteiger partial charge in [0.05, 0.1) is 11.3 Å². The minimum Gasteiger partial charge on any atom is -0.323 e. The number of imide groups is 1. The highest BCUT2D eigenvalue weighted by atomic mass is 19.4. The van der Waals surface area contributed by atoms with Crippen molar-refractivity contribution >= 4 is 17.6 Å². The summed E-state index contributed by atoms with van der Waals surface area (Å²) in [5, 5.41) is 2.51. The van der Waals surface area contributed by atoms with E-state index in [0.29, 0.717) is 17.7 Å². The van der Waals surface area contributed by atoms with E-state index in [9.17, 15) is 22.8 Å². The molecule has 2 fully saturated rings. The van der Waals surface area contributed by atoms with Crippen LogP contribution in [0.15, 0.2) is 24.3 Å². The molecular formula is C13H11F3N2O2. The molecule has 0 aromatic heterocycles. The van der Waals surface area contributed by atoms with E-state index in [1.807, 2.05) is 0 Å². The third kappa shape index (κ3) is 1.69. The van der Waals surface area contributed by atoms with E-state index >= 15 is 0 Å². The topological polar surface area (TPSA) is 49.4 Å². The molecule has 1 saturated heterocycles. The van der Waals surface area contributed by atoms with E-state index in [1.54, 1.807) is 0 Å². The molecule has 0 bridgehead atoms. The highest BCUT2D eigenvalue weighted by molar-refractivity contribution is 6.24. The first-order valence-corrected chi connectivity index (χ1v) is 6.18. The third-order valence-electron chi connectivity index (χ3n) is 3.82. The molecular weight excluding hydrogens is 273 g/mol. The quantitative estimate of drug-likeness (QED) is 0.806. The molecule has 1 aromatic rings. The number of para-hydroxylation sites is 1. The minimum absolute atomic E-state index is 0.411. The van der Waals surface area contributed by atoms with Gasteiger partial charge >= 0.3 is 12.2 Å². The monoisotopic (exact) mass is 284 g/mol. The summed E-state index contributed by atoms with van der Waals surface area (Å²) in [6.07, 6.45) is -2.89. The van der Waals surface area contributed by atoms with Crippen molar-refractivity contribution in [3.05, 3.63) is 29.8 Å². The third-order valence-corrected chi connectivity index (χ3v) is 3.82. The number of benzene rings is 1. The number of halogens is 3. The number of nitrogens with zero attached hydrogens (tertiary/aromatic N) is 1. The number of urea groups is 1. The molecule has 2 aliphatic rings. The average Bonchev–Trinajstić information content (AvgIpc) is 2.60. The summed E-state index contributed by atoms with van der Waals surface area (Å²) in [6.45, 7) is 0. The second-order valence-corrected chi connectivity index (χ2v) is 5.02. The Kier molecular flexibility index (Phi) is 2.57. The van der Waals surface area contributed by atoms with E-state index in [1.165, 1.54) is 12.1 Å². The van der Waals surface area contributed by atoms with Gasteiger partial charge in [0.1, 0.15) is 5.54 Å². The van der Waals surface area contributed by atoms with Crippen LogP contribution in [0.4, 0.5) is 23.7 Å². The number of alkyl halides is 3. The van der Waals surface area contributed by atoms with Crippen LogP contribution in [0.2, 0.25) is 0 Å². The van der Waals surface area contributed by atoms with Gasteiger partial charge in [0.15, 0.2) is 0 Å². The molecule has 0 atom stereocenters. The van der Waals surface area contributed by atoms with Crippen LogP contribution < -0.4 is 10.2 Å². The van der Waals surface area contributed by atoms with Gasteiger partial charge < -0.3 is 5.32 Å². The summed E-state index contributed by atoms with van der Waals surface area (Å²) in [5.74, 6) is -0.592. The Morgan fingerprint density at radius 3 is 2.30 bits per heavy atom. The fraction of sp³-hybridized carbons (Fsp3) is 0.385. The van der Waals surface area contributed by atoms with Crippen LogP contribution in [0.25, 0.3) is 0 Å². The van der Waals surface area contributed by atoms with Crippen molar-refractivity contribution in [1.29, 1.82) is 0 Å². The number of nitrogens with one attached hydrogen (secondary N) is 1. The van der Waals surface area contributed by atoms with Gasteiger partial charge in [-0.25, -0.2) is 9.69 Å². The van der Waals surface area contributed by atoms with Crippen LogP contribution in [0.5, 0.6) is 0 Å². The lowest BCUT2D eigenvalue weighted by Crippen LogP contribution is -2.52. The maximum atomic E-state index is 13.0. The summed E-state index contributed by atoms with van der Waals surface area (Å²) < 4.78 is 38.9. The fourth-order valence-electron chi connectivity index (χ4n) is 2.62. The second-order valence-electron chi connectivity index (χ2n) is 5.02. The van der Waals surface area contributed by atoms with E-state index in [0.717, 1.165) is 18.6 Å². The van der Waals surface area contributed by atoms with Crippen LogP contribution in [0, 0.1) is 0 Å². The Balaban J connectivity index is 2.06. The summed E-state index contributed by atoms with van der Waals surface area (Å²) in [6, 6.07) is 3.81. The summed E-state index contributed by atoms with van der Waals surface area (Å²) in [4.78, 5) is 24.8. The van der Waals surface area contributed by atoms with Crippen LogP contribution in [0.3, 0.4) is 0 Å². The minimum atomic E-state index is -4.62. The van der Waals surface area contributed by atoms with Gasteiger partial charge in [-0.1, -0.05) is 12.1 Å². The summed E-state index contributed by atoms with van der Waals surface area (Å²) in [7, 11) is 0. The predicted octanol–water partition coefficient (Wildman–Crippen LogP) is 2.68. The molecule has 106 valence electrons. The zero-order valence-electron chi connectivity index (χ0n) is 10.3. The number of carbonyl (C=O) groups is 2. The molecule has 3 amide bonds. The Morgan fingerprint density at radius 1 is 1.15 bits per heavy atom. The lowest BCUT2D eigenvalue weighted by Gasteiger charge is -2.35. The molecule has 1 aliphatic heterocycles. The van der Waals surface area contributed by atoms with Crippen molar-refractivity contribution in [1.82, 2.24) is 5.32 Å². The molecule has 1 aromatic carbocycles. The molecule has 3 rings (SSSR count). The van der Waals surface area contributed by atoms with Crippen LogP contribution in [-0.4, -0.2) is 17.5 Å². The molecule has 1 N–H and O–H groups in total. The average molecular weight is 284 g/mol. The number of anilines is 1. The Bertz CT molecular complexity index is 594. The zero-order chi connectivity index (χ0) is 14.5. The highest BCUT2D eigenvalue weighted by Gasteiger charge is 2.56.